The van der Waals surface area contributed by atoms with Crippen LogP contribution in [0.1, 0.15) is 96.8 Å². The molecule has 0 radical (unpaired) electrons. The van der Waals surface area contributed by atoms with E-state index in [2.05, 4.69) is 15.4 Å². The van der Waals surface area contributed by atoms with Gasteiger partial charge >= 0.3 is 12.1 Å². The lowest BCUT2D eigenvalue weighted by molar-refractivity contribution is -0.142. The minimum atomic E-state index is -4.02. The number of esters is 1. The van der Waals surface area contributed by atoms with Crippen LogP contribution >= 0.6 is 0 Å². The van der Waals surface area contributed by atoms with E-state index in [0.29, 0.717) is 50.4 Å². The number of sulfonamides is 1. The van der Waals surface area contributed by atoms with Crippen LogP contribution in [0.2, 0.25) is 0 Å². The molecule has 6 rings (SSSR count). The van der Waals surface area contributed by atoms with E-state index in [4.69, 9.17) is 18.9 Å². The van der Waals surface area contributed by atoms with E-state index in [9.17, 15) is 32.4 Å². The van der Waals surface area contributed by atoms with E-state index in [-0.39, 0.29) is 30.9 Å². The molecule has 3 heterocycles. The number of fused-ring (bicyclic) bond motifs is 3. The first-order valence-corrected chi connectivity index (χ1v) is 20.3. The predicted molar refractivity (Wildman–Crippen MR) is 195 cm³/mol. The number of amides is 4. The smallest absolute Gasteiger partial charge is 0.408 e. The average Bonchev–Trinajstić information content (AvgIpc) is 3.97. The van der Waals surface area contributed by atoms with Crippen molar-refractivity contribution in [3.8, 4) is 11.5 Å². The fourth-order valence-electron chi connectivity index (χ4n) is 7.42. The summed E-state index contributed by atoms with van der Waals surface area (Å²) < 4.78 is 50.0. The van der Waals surface area contributed by atoms with Gasteiger partial charge in [-0.25, -0.2) is 18.0 Å². The van der Waals surface area contributed by atoms with Gasteiger partial charge in [0, 0.05) is 12.3 Å². The number of rotatable bonds is 6. The molecule has 3 N–H and O–H groups in total. The molecule has 1 unspecified atom stereocenters. The Labute approximate surface area is 316 Å². The molecule has 1 saturated heterocycles. The highest BCUT2D eigenvalue weighted by molar-refractivity contribution is 7.91. The highest BCUT2D eigenvalue weighted by Gasteiger charge is 2.63. The minimum Gasteiger partial charge on any atom is -0.486 e. The molecule has 16 heteroatoms. The summed E-state index contributed by atoms with van der Waals surface area (Å²) in [5, 5.41) is 5.58. The van der Waals surface area contributed by atoms with Gasteiger partial charge in [-0.05, 0) is 96.3 Å². The zero-order valence-corrected chi connectivity index (χ0v) is 32.6. The monoisotopic (exact) mass is 772 g/mol. The first kappa shape index (κ1) is 39.4. The van der Waals surface area contributed by atoms with E-state index in [1.165, 1.54) is 17.0 Å². The second-order valence-electron chi connectivity index (χ2n) is 16.7. The Hall–Kier alpha value is -4.34. The number of allylic oxidation sites excluding steroid dienone is 1. The molecule has 0 aromatic heterocycles. The molecule has 296 valence electrons. The molecule has 1 aromatic rings. The van der Waals surface area contributed by atoms with E-state index in [1.807, 2.05) is 26.0 Å². The fourth-order valence-corrected chi connectivity index (χ4v) is 8.73. The average molecular weight is 773 g/mol. The summed E-state index contributed by atoms with van der Waals surface area (Å²) in [6, 6.07) is 2.29. The van der Waals surface area contributed by atoms with Crippen LogP contribution in [-0.4, -0.2) is 96.9 Å². The summed E-state index contributed by atoms with van der Waals surface area (Å²) in [6.45, 7) is 11.1. The molecule has 2 saturated carbocycles. The molecule has 2 aliphatic carbocycles. The van der Waals surface area contributed by atoms with Crippen molar-refractivity contribution < 1.29 is 51.3 Å². The molecule has 54 heavy (non-hydrogen) atoms. The molecule has 0 bridgehead atoms. The number of ether oxygens (including phenoxy) is 4. The quantitative estimate of drug-likeness (QED) is 0.284. The molecule has 5 aliphatic rings. The number of benzene rings is 1. The van der Waals surface area contributed by atoms with Crippen molar-refractivity contribution in [1.82, 2.24) is 20.3 Å². The van der Waals surface area contributed by atoms with Gasteiger partial charge in [0.05, 0.1) is 16.9 Å². The van der Waals surface area contributed by atoms with Crippen LogP contribution in [0.4, 0.5) is 4.79 Å². The van der Waals surface area contributed by atoms with Crippen molar-refractivity contribution in [2.75, 3.05) is 19.8 Å². The van der Waals surface area contributed by atoms with Gasteiger partial charge in [-0.3, -0.25) is 19.1 Å². The number of nitrogens with zero attached hydrogens (tertiary/aromatic N) is 1. The number of hydrogen-bond acceptors (Lipinski definition) is 11. The highest BCUT2D eigenvalue weighted by Crippen LogP contribution is 2.47. The van der Waals surface area contributed by atoms with Gasteiger partial charge in [0.1, 0.15) is 42.5 Å². The number of nitrogens with one attached hydrogen (secondary N) is 3. The Balaban J connectivity index is 1.31. The lowest BCUT2D eigenvalue weighted by Crippen LogP contribution is -2.59. The van der Waals surface area contributed by atoms with E-state index >= 15 is 0 Å². The molecule has 15 nitrogen and oxygen atoms in total. The summed E-state index contributed by atoms with van der Waals surface area (Å²) >= 11 is 0. The minimum absolute atomic E-state index is 0.119. The zero-order chi connectivity index (χ0) is 39.2. The number of carbonyl (C=O) groups is 5. The first-order chi connectivity index (χ1) is 25.3. The SMILES string of the molecule is C[C@@H]1CC/C=C\[C@H]2CC2(C(=O)NS(=O)(=O)C2(C)CC2)NC(=O)[C@@H]2C[C@@H](OC(=O)c3ccc4c(c3)OCCO4)CN2C(=O)[C@@H](NC(=O)OC(C)(C)C)[C@H](C)C1. The van der Waals surface area contributed by atoms with Crippen LogP contribution in [0.5, 0.6) is 11.5 Å². The lowest BCUT2D eigenvalue weighted by Gasteiger charge is -2.33. The molecule has 3 fully saturated rings. The van der Waals surface area contributed by atoms with Crippen LogP contribution in [0.3, 0.4) is 0 Å². The maximum absolute atomic E-state index is 14.6. The topological polar surface area (TPSA) is 196 Å². The van der Waals surface area contributed by atoms with E-state index in [1.54, 1.807) is 33.8 Å². The van der Waals surface area contributed by atoms with Gasteiger partial charge in [0.15, 0.2) is 11.5 Å². The highest BCUT2D eigenvalue weighted by atomic mass is 32.2. The second kappa shape index (κ2) is 14.7. The van der Waals surface area contributed by atoms with Gasteiger partial charge in [-0.2, -0.15) is 0 Å². The molecule has 1 aromatic carbocycles. The Kier molecular flexibility index (Phi) is 10.7. The fraction of sp³-hybridized carbons (Fsp3) is 0.658. The Morgan fingerprint density at radius 1 is 1.04 bits per heavy atom. The third-order valence-corrected chi connectivity index (χ3v) is 13.1. The maximum atomic E-state index is 14.6. The standard InChI is InChI=1S/C38H52N4O11S/c1-22-9-7-8-10-25-20-38(25,34(46)41-54(48,49)37(6)13-14-37)40-31(43)27-19-26(52-33(45)24-11-12-28-29(18-24)51-16-15-50-28)21-42(27)32(44)30(23(2)17-22)39-35(47)53-36(3,4)5/h8,10-12,18,22-23,25-27,30H,7,9,13-17,19-21H2,1-6H3,(H,39,47)(H,40,43)(H,41,46)/b10-8-/t22-,23-,25+,26-,27+,30+,38?/m1/s1. The van der Waals surface area contributed by atoms with Crippen LogP contribution < -0.4 is 24.8 Å². The number of carbonyl (C=O) groups excluding carboxylic acids is 5. The summed E-state index contributed by atoms with van der Waals surface area (Å²) in [4.78, 5) is 70.7. The summed E-state index contributed by atoms with van der Waals surface area (Å²) in [5.41, 5.74) is -2.24. The van der Waals surface area contributed by atoms with Crippen LogP contribution in [0, 0.1) is 17.8 Å². The van der Waals surface area contributed by atoms with Crippen molar-refractivity contribution in [2.45, 2.75) is 121 Å². The molecular formula is C38H52N4O11S. The molecule has 7 atom stereocenters. The lowest BCUT2D eigenvalue weighted by atomic mass is 9.88. The normalized spacial score (nSPS) is 31.3. The summed E-state index contributed by atoms with van der Waals surface area (Å²) in [5.74, 6) is -2.73. The number of alkyl carbamates (subject to hydrolysis) is 1. The van der Waals surface area contributed by atoms with Crippen molar-refractivity contribution >= 4 is 39.8 Å². The predicted octanol–water partition coefficient (Wildman–Crippen LogP) is 3.36. The number of hydrogen-bond donors (Lipinski definition) is 3. The van der Waals surface area contributed by atoms with Gasteiger partial charge in [0.2, 0.25) is 21.8 Å². The maximum Gasteiger partial charge on any atom is 0.408 e. The zero-order valence-electron chi connectivity index (χ0n) is 31.8. The van der Waals surface area contributed by atoms with E-state index in [0.717, 1.165) is 6.42 Å². The van der Waals surface area contributed by atoms with E-state index < -0.39 is 85.7 Å². The van der Waals surface area contributed by atoms with Crippen LogP contribution in [-0.2, 0) is 33.9 Å². The molecule has 4 amide bonds. The first-order valence-electron chi connectivity index (χ1n) is 18.8. The molecular weight excluding hydrogens is 721 g/mol. The van der Waals surface area contributed by atoms with Gasteiger partial charge < -0.3 is 34.5 Å². The van der Waals surface area contributed by atoms with Crippen molar-refractivity contribution in [3.63, 3.8) is 0 Å². The third-order valence-electron chi connectivity index (χ3n) is 11.0. The van der Waals surface area contributed by atoms with Crippen molar-refractivity contribution in [2.24, 2.45) is 17.8 Å². The Morgan fingerprint density at radius 3 is 2.43 bits per heavy atom. The van der Waals surface area contributed by atoms with Gasteiger partial charge in [-0.15, -0.1) is 0 Å². The van der Waals surface area contributed by atoms with Gasteiger partial charge in [0.25, 0.3) is 5.91 Å². The van der Waals surface area contributed by atoms with Crippen molar-refractivity contribution in [3.05, 3.63) is 35.9 Å². The second-order valence-corrected chi connectivity index (χ2v) is 18.9. The van der Waals surface area contributed by atoms with Gasteiger partial charge in [-0.1, -0.05) is 26.0 Å². The Morgan fingerprint density at radius 2 is 1.74 bits per heavy atom. The third kappa shape index (κ3) is 8.47. The molecule has 3 aliphatic heterocycles. The van der Waals surface area contributed by atoms with Crippen LogP contribution in [0.25, 0.3) is 0 Å². The molecule has 0 spiro atoms. The Bertz CT molecular complexity index is 1820. The van der Waals surface area contributed by atoms with Crippen molar-refractivity contribution in [1.29, 1.82) is 0 Å². The summed E-state index contributed by atoms with van der Waals surface area (Å²) in [6.07, 6.45) is 4.83. The summed E-state index contributed by atoms with van der Waals surface area (Å²) in [7, 11) is -4.02. The van der Waals surface area contributed by atoms with Crippen LogP contribution in [0.15, 0.2) is 30.4 Å². The largest absolute Gasteiger partial charge is 0.486 e.